The highest BCUT2D eigenvalue weighted by Gasteiger charge is 2.13. The van der Waals surface area contributed by atoms with Crippen LogP contribution in [0.4, 0.5) is 25.8 Å². The molecule has 0 aliphatic heterocycles. The molecule has 19 heavy (non-hydrogen) atoms. The zero-order valence-corrected chi connectivity index (χ0v) is 10.3. The van der Waals surface area contributed by atoms with Gasteiger partial charge in [-0.1, -0.05) is 11.6 Å². The van der Waals surface area contributed by atoms with Crippen LogP contribution in [0.25, 0.3) is 0 Å². The summed E-state index contributed by atoms with van der Waals surface area (Å²) in [6.07, 6.45) is 0. The molecule has 0 aliphatic rings. The Morgan fingerprint density at radius 3 is 2.37 bits per heavy atom. The van der Waals surface area contributed by atoms with Gasteiger partial charge in [-0.15, -0.1) is 0 Å². The van der Waals surface area contributed by atoms with Crippen LogP contribution in [0.15, 0.2) is 30.3 Å². The van der Waals surface area contributed by atoms with E-state index < -0.39 is 11.6 Å². The highest BCUT2D eigenvalue weighted by Crippen LogP contribution is 2.30. The number of halogens is 3. The monoisotopic (exact) mass is 279 g/mol. The van der Waals surface area contributed by atoms with Crippen molar-refractivity contribution in [2.45, 2.75) is 0 Å². The standard InChI is InChI=1S/C13H8ClF2N3/c14-9-2-1-8(18)5-12(9)19-13-10(15)3-7(6-17)4-11(13)16/h1-5,19H,18H2. The molecular weight excluding hydrogens is 272 g/mol. The third-order valence-corrected chi connectivity index (χ3v) is 2.75. The smallest absolute Gasteiger partial charge is 0.150 e. The molecule has 0 bridgehead atoms. The van der Waals surface area contributed by atoms with Gasteiger partial charge in [-0.05, 0) is 30.3 Å². The summed E-state index contributed by atoms with van der Waals surface area (Å²) < 4.78 is 27.4. The Morgan fingerprint density at radius 1 is 1.16 bits per heavy atom. The summed E-state index contributed by atoms with van der Waals surface area (Å²) in [5, 5.41) is 11.4. The maximum absolute atomic E-state index is 13.7. The lowest BCUT2D eigenvalue weighted by Crippen LogP contribution is -2.00. The maximum Gasteiger partial charge on any atom is 0.150 e. The fraction of sp³-hybridized carbons (Fsp3) is 0. The fourth-order valence-corrected chi connectivity index (χ4v) is 1.70. The predicted molar refractivity (Wildman–Crippen MR) is 70.2 cm³/mol. The van der Waals surface area contributed by atoms with Gasteiger partial charge in [-0.2, -0.15) is 5.26 Å². The van der Waals surface area contributed by atoms with Crippen LogP contribution in [-0.2, 0) is 0 Å². The molecule has 0 spiro atoms. The number of nitrogens with one attached hydrogen (secondary N) is 1. The maximum atomic E-state index is 13.7. The van der Waals surface area contributed by atoms with E-state index >= 15 is 0 Å². The van der Waals surface area contributed by atoms with Gasteiger partial charge in [-0.25, -0.2) is 8.78 Å². The average Bonchev–Trinajstić information content (AvgIpc) is 2.37. The molecule has 2 rings (SSSR count). The van der Waals surface area contributed by atoms with E-state index in [0.717, 1.165) is 12.1 Å². The Morgan fingerprint density at radius 2 is 1.79 bits per heavy atom. The van der Waals surface area contributed by atoms with Crippen LogP contribution in [0.3, 0.4) is 0 Å². The first-order valence-electron chi connectivity index (χ1n) is 5.22. The van der Waals surface area contributed by atoms with E-state index in [4.69, 9.17) is 22.6 Å². The van der Waals surface area contributed by atoms with Gasteiger partial charge in [0, 0.05) is 5.69 Å². The number of rotatable bonds is 2. The second-order valence-corrected chi connectivity index (χ2v) is 4.20. The number of hydrogen-bond donors (Lipinski definition) is 2. The van der Waals surface area contributed by atoms with E-state index in [9.17, 15) is 8.78 Å². The second-order valence-electron chi connectivity index (χ2n) is 3.79. The zero-order valence-electron chi connectivity index (χ0n) is 9.55. The van der Waals surface area contributed by atoms with Gasteiger partial charge in [0.05, 0.1) is 22.3 Å². The van der Waals surface area contributed by atoms with E-state index in [0.29, 0.717) is 5.69 Å². The molecule has 0 amide bonds. The van der Waals surface area contributed by atoms with Crippen molar-refractivity contribution in [3.63, 3.8) is 0 Å². The van der Waals surface area contributed by atoms with Crippen LogP contribution < -0.4 is 11.1 Å². The molecule has 0 aliphatic carbocycles. The molecule has 0 fully saturated rings. The average molecular weight is 280 g/mol. The summed E-state index contributed by atoms with van der Waals surface area (Å²) in [5.41, 5.74) is 5.78. The van der Waals surface area contributed by atoms with E-state index in [2.05, 4.69) is 5.32 Å². The van der Waals surface area contributed by atoms with Gasteiger partial charge >= 0.3 is 0 Å². The zero-order chi connectivity index (χ0) is 14.0. The fourth-order valence-electron chi connectivity index (χ4n) is 1.53. The Hall–Kier alpha value is -2.32. The third-order valence-electron chi connectivity index (χ3n) is 2.42. The molecule has 0 atom stereocenters. The summed E-state index contributed by atoms with van der Waals surface area (Å²) in [5.74, 6) is -1.76. The quantitative estimate of drug-likeness (QED) is 0.822. The van der Waals surface area contributed by atoms with Crippen LogP contribution in [-0.4, -0.2) is 0 Å². The Balaban J connectivity index is 2.44. The minimum Gasteiger partial charge on any atom is -0.399 e. The molecule has 0 unspecified atom stereocenters. The second kappa shape index (κ2) is 5.12. The van der Waals surface area contributed by atoms with Gasteiger partial charge in [0.25, 0.3) is 0 Å². The summed E-state index contributed by atoms with van der Waals surface area (Å²) in [6, 6.07) is 8.08. The van der Waals surface area contributed by atoms with Crippen molar-refractivity contribution in [3.8, 4) is 6.07 Å². The van der Waals surface area contributed by atoms with E-state index in [-0.39, 0.29) is 22.0 Å². The number of nitrogen functional groups attached to an aromatic ring is 1. The van der Waals surface area contributed by atoms with Crippen LogP contribution in [0, 0.1) is 23.0 Å². The van der Waals surface area contributed by atoms with Crippen molar-refractivity contribution in [1.82, 2.24) is 0 Å². The minimum absolute atomic E-state index is 0.0979. The first-order valence-corrected chi connectivity index (χ1v) is 5.60. The van der Waals surface area contributed by atoms with Crippen LogP contribution >= 0.6 is 11.6 Å². The number of anilines is 3. The lowest BCUT2D eigenvalue weighted by Gasteiger charge is -2.11. The largest absolute Gasteiger partial charge is 0.399 e. The Kier molecular flexibility index (Phi) is 3.54. The van der Waals surface area contributed by atoms with Crippen molar-refractivity contribution in [3.05, 3.63) is 52.6 Å². The molecule has 96 valence electrons. The third kappa shape index (κ3) is 2.75. The number of nitriles is 1. The highest BCUT2D eigenvalue weighted by molar-refractivity contribution is 6.33. The van der Waals surface area contributed by atoms with E-state index in [1.54, 1.807) is 12.1 Å². The molecular formula is C13H8ClF2N3. The van der Waals surface area contributed by atoms with E-state index in [1.165, 1.54) is 12.1 Å². The van der Waals surface area contributed by atoms with Crippen molar-refractivity contribution in [1.29, 1.82) is 5.26 Å². The number of nitrogens with zero attached hydrogens (tertiary/aromatic N) is 1. The van der Waals surface area contributed by atoms with Crippen molar-refractivity contribution < 1.29 is 8.78 Å². The first-order chi connectivity index (χ1) is 9.01. The summed E-state index contributed by atoms with van der Waals surface area (Å²) >= 11 is 5.89. The van der Waals surface area contributed by atoms with Crippen molar-refractivity contribution in [2.24, 2.45) is 0 Å². The summed E-state index contributed by atoms with van der Waals surface area (Å²) in [4.78, 5) is 0. The summed E-state index contributed by atoms with van der Waals surface area (Å²) in [6.45, 7) is 0. The number of hydrogen-bond acceptors (Lipinski definition) is 3. The molecule has 0 aromatic heterocycles. The topological polar surface area (TPSA) is 61.8 Å². The molecule has 0 radical (unpaired) electrons. The van der Waals surface area contributed by atoms with Crippen LogP contribution in [0.1, 0.15) is 5.56 Å². The summed E-state index contributed by atoms with van der Waals surface area (Å²) in [7, 11) is 0. The molecule has 3 nitrogen and oxygen atoms in total. The Bertz CT molecular complexity index is 657. The Labute approximate surface area is 113 Å². The molecule has 0 saturated carbocycles. The molecule has 6 heteroatoms. The molecule has 0 saturated heterocycles. The van der Waals surface area contributed by atoms with Crippen molar-refractivity contribution in [2.75, 3.05) is 11.1 Å². The number of nitrogens with two attached hydrogens (primary N) is 1. The van der Waals surface area contributed by atoms with E-state index in [1.807, 2.05) is 0 Å². The van der Waals surface area contributed by atoms with Gasteiger partial charge in [-0.3, -0.25) is 0 Å². The van der Waals surface area contributed by atoms with Gasteiger partial charge in [0.2, 0.25) is 0 Å². The first kappa shape index (κ1) is 13.1. The number of benzene rings is 2. The minimum atomic E-state index is -0.880. The SMILES string of the molecule is N#Cc1cc(F)c(Nc2cc(N)ccc2Cl)c(F)c1. The van der Waals surface area contributed by atoms with Gasteiger partial charge in [0.15, 0.2) is 11.6 Å². The molecule has 3 N–H and O–H groups in total. The lowest BCUT2D eigenvalue weighted by atomic mass is 10.2. The molecule has 2 aromatic rings. The van der Waals surface area contributed by atoms with Gasteiger partial charge in [0.1, 0.15) is 5.69 Å². The lowest BCUT2D eigenvalue weighted by molar-refractivity contribution is 0.590. The van der Waals surface area contributed by atoms with Crippen molar-refractivity contribution >= 4 is 28.7 Å². The predicted octanol–water partition coefficient (Wildman–Crippen LogP) is 3.82. The van der Waals surface area contributed by atoms with Crippen LogP contribution in [0.5, 0.6) is 0 Å². The normalized spacial score (nSPS) is 10.0. The van der Waals surface area contributed by atoms with Gasteiger partial charge < -0.3 is 11.1 Å². The molecule has 2 aromatic carbocycles. The molecule has 0 heterocycles. The highest BCUT2D eigenvalue weighted by atomic mass is 35.5. The van der Waals surface area contributed by atoms with Crippen LogP contribution in [0.2, 0.25) is 5.02 Å².